The molecule has 0 fully saturated rings. The lowest BCUT2D eigenvalue weighted by atomic mass is 10.0. The van der Waals surface area contributed by atoms with Gasteiger partial charge in [0.05, 0.1) is 99.0 Å². The normalized spacial score (nSPS) is 12.9. The summed E-state index contributed by atoms with van der Waals surface area (Å²) >= 11 is 0. The van der Waals surface area contributed by atoms with Gasteiger partial charge >= 0.3 is 5.97 Å². The molecule has 0 atom stereocenters. The van der Waals surface area contributed by atoms with Crippen LogP contribution in [0.1, 0.15) is 110 Å². The van der Waals surface area contributed by atoms with E-state index in [-0.39, 0.29) is 37.5 Å². The Kier molecular flexibility index (Phi) is 34.0. The second-order valence-corrected chi connectivity index (χ2v) is 12.4. The van der Waals surface area contributed by atoms with E-state index in [0.29, 0.717) is 92.3 Å². The van der Waals surface area contributed by atoms with E-state index in [0.717, 1.165) is 17.7 Å². The second-order valence-electron chi connectivity index (χ2n) is 12.4. The lowest BCUT2D eigenvalue weighted by Crippen LogP contribution is -2.33. The number of amides is 2. The van der Waals surface area contributed by atoms with Crippen LogP contribution < -0.4 is 0 Å². The molecule has 1 aliphatic rings. The van der Waals surface area contributed by atoms with E-state index in [1.807, 2.05) is 0 Å². The molecular formula is C38H69NO11. The maximum Gasteiger partial charge on any atom is 0.305 e. The Morgan fingerprint density at radius 2 is 0.740 bits per heavy atom. The van der Waals surface area contributed by atoms with Crippen LogP contribution in [0.15, 0.2) is 12.2 Å². The Labute approximate surface area is 302 Å². The number of rotatable bonds is 40. The molecule has 1 heterocycles. The minimum atomic E-state index is -0.306. The van der Waals surface area contributed by atoms with Crippen molar-refractivity contribution in [2.24, 2.45) is 0 Å². The predicted molar refractivity (Wildman–Crippen MR) is 192 cm³/mol. The summed E-state index contributed by atoms with van der Waals surface area (Å²) in [5.74, 6) is -0.749. The molecule has 0 bridgehead atoms. The Hall–Kier alpha value is -1.93. The van der Waals surface area contributed by atoms with Crippen molar-refractivity contribution in [1.82, 2.24) is 4.90 Å². The van der Waals surface area contributed by atoms with Crippen molar-refractivity contribution in [3.63, 3.8) is 0 Å². The largest absolute Gasteiger partial charge is 0.463 e. The lowest BCUT2D eigenvalue weighted by molar-refractivity contribution is -0.145. The molecule has 0 aliphatic carbocycles. The fourth-order valence-electron chi connectivity index (χ4n) is 5.16. The minimum Gasteiger partial charge on any atom is -0.463 e. The number of ether oxygens (including phenoxy) is 8. The Morgan fingerprint density at radius 1 is 0.440 bits per heavy atom. The first-order valence-electron chi connectivity index (χ1n) is 19.4. The number of imide groups is 1. The molecule has 50 heavy (non-hydrogen) atoms. The average molecular weight is 716 g/mol. The highest BCUT2D eigenvalue weighted by Crippen LogP contribution is 2.14. The maximum absolute atomic E-state index is 11.9. The molecule has 292 valence electrons. The summed E-state index contributed by atoms with van der Waals surface area (Å²) in [6, 6.07) is 0. The van der Waals surface area contributed by atoms with Crippen molar-refractivity contribution in [2.45, 2.75) is 110 Å². The van der Waals surface area contributed by atoms with Crippen molar-refractivity contribution in [3.05, 3.63) is 12.2 Å². The van der Waals surface area contributed by atoms with Crippen LogP contribution in [-0.4, -0.2) is 128 Å². The SMILES string of the molecule is CCCCCCCCCCCCCCCCCC(=O)OCCOCCOCCOCCOCCOCCOCCOCCN1C(=O)C=CC1=O. The molecule has 1 aliphatic heterocycles. The molecule has 0 saturated heterocycles. The highest BCUT2D eigenvalue weighted by Gasteiger charge is 2.22. The zero-order chi connectivity index (χ0) is 36.0. The number of esters is 1. The fourth-order valence-corrected chi connectivity index (χ4v) is 5.16. The molecule has 1 rings (SSSR count). The van der Waals surface area contributed by atoms with Gasteiger partial charge in [0.15, 0.2) is 0 Å². The van der Waals surface area contributed by atoms with Crippen molar-refractivity contribution in [2.75, 3.05) is 106 Å². The van der Waals surface area contributed by atoms with Crippen LogP contribution in [-0.2, 0) is 52.3 Å². The van der Waals surface area contributed by atoms with E-state index in [2.05, 4.69) is 6.92 Å². The van der Waals surface area contributed by atoms with Crippen molar-refractivity contribution >= 4 is 17.8 Å². The summed E-state index contributed by atoms with van der Waals surface area (Å²) in [6.45, 7) is 8.87. The third-order valence-corrected chi connectivity index (χ3v) is 8.07. The van der Waals surface area contributed by atoms with E-state index in [9.17, 15) is 14.4 Å². The summed E-state index contributed by atoms with van der Waals surface area (Å²) in [7, 11) is 0. The van der Waals surface area contributed by atoms with Gasteiger partial charge in [0.25, 0.3) is 11.8 Å². The predicted octanol–water partition coefficient (Wildman–Crippen LogP) is 5.83. The van der Waals surface area contributed by atoms with E-state index in [1.54, 1.807) is 0 Å². The van der Waals surface area contributed by atoms with Gasteiger partial charge in [-0.05, 0) is 6.42 Å². The van der Waals surface area contributed by atoms with Gasteiger partial charge < -0.3 is 37.9 Å². The van der Waals surface area contributed by atoms with Gasteiger partial charge in [-0.3, -0.25) is 19.3 Å². The summed E-state index contributed by atoms with van der Waals surface area (Å²) < 4.78 is 43.4. The lowest BCUT2D eigenvalue weighted by Gasteiger charge is -2.13. The summed E-state index contributed by atoms with van der Waals surface area (Å²) in [6.07, 6.45) is 22.7. The molecule has 2 amide bonds. The molecule has 0 aromatic carbocycles. The van der Waals surface area contributed by atoms with E-state index >= 15 is 0 Å². The smallest absolute Gasteiger partial charge is 0.305 e. The second kappa shape index (κ2) is 36.8. The average Bonchev–Trinajstić information content (AvgIpc) is 3.44. The third-order valence-electron chi connectivity index (χ3n) is 8.07. The van der Waals surface area contributed by atoms with Crippen LogP contribution in [0.3, 0.4) is 0 Å². The van der Waals surface area contributed by atoms with E-state index < -0.39 is 0 Å². The third kappa shape index (κ3) is 30.9. The van der Waals surface area contributed by atoms with Gasteiger partial charge in [-0.2, -0.15) is 0 Å². The van der Waals surface area contributed by atoms with Gasteiger partial charge in [0, 0.05) is 18.6 Å². The molecule has 12 nitrogen and oxygen atoms in total. The van der Waals surface area contributed by atoms with Gasteiger partial charge in [0.1, 0.15) is 6.61 Å². The van der Waals surface area contributed by atoms with Crippen LogP contribution in [0.5, 0.6) is 0 Å². The first kappa shape index (κ1) is 46.1. The molecular weight excluding hydrogens is 646 g/mol. The molecule has 0 aromatic rings. The van der Waals surface area contributed by atoms with E-state index in [1.165, 1.54) is 95.6 Å². The number of hydrogen-bond donors (Lipinski definition) is 0. The van der Waals surface area contributed by atoms with Crippen molar-refractivity contribution in [3.8, 4) is 0 Å². The van der Waals surface area contributed by atoms with Gasteiger partial charge in [-0.15, -0.1) is 0 Å². The fraction of sp³-hybridized carbons (Fsp3) is 0.868. The first-order chi connectivity index (χ1) is 24.6. The Bertz CT molecular complexity index is 809. The van der Waals surface area contributed by atoms with Crippen LogP contribution in [0.4, 0.5) is 0 Å². The van der Waals surface area contributed by atoms with E-state index in [4.69, 9.17) is 37.9 Å². The Balaban J connectivity index is 1.66. The molecule has 0 unspecified atom stereocenters. The zero-order valence-electron chi connectivity index (χ0n) is 31.2. The topological polar surface area (TPSA) is 128 Å². The van der Waals surface area contributed by atoms with Crippen LogP contribution >= 0.6 is 0 Å². The summed E-state index contributed by atoms with van der Waals surface area (Å²) in [5, 5.41) is 0. The van der Waals surface area contributed by atoms with Crippen LogP contribution in [0.2, 0.25) is 0 Å². The molecule has 0 spiro atoms. The first-order valence-corrected chi connectivity index (χ1v) is 19.4. The number of carbonyl (C=O) groups is 3. The van der Waals surface area contributed by atoms with Gasteiger partial charge in [0.2, 0.25) is 0 Å². The van der Waals surface area contributed by atoms with Crippen LogP contribution in [0.25, 0.3) is 0 Å². The monoisotopic (exact) mass is 715 g/mol. The number of hydrogen-bond acceptors (Lipinski definition) is 11. The molecule has 12 heteroatoms. The summed E-state index contributed by atoms with van der Waals surface area (Å²) in [5.41, 5.74) is 0. The maximum atomic E-state index is 11.9. The van der Waals surface area contributed by atoms with Crippen LogP contribution in [0, 0.1) is 0 Å². The minimum absolute atomic E-state index is 0.137. The highest BCUT2D eigenvalue weighted by atomic mass is 16.6. The standard InChI is InChI=1S/C38H69NO11/c1-2-3-4-5-6-7-8-9-10-11-12-13-14-15-16-17-38(42)50-35-34-49-33-32-48-31-30-47-29-28-46-27-26-45-25-24-44-23-22-43-21-20-39-36(40)18-19-37(39)41/h18-19H,2-17,20-35H2,1H3. The molecule has 0 radical (unpaired) electrons. The number of unbranched alkanes of at least 4 members (excludes halogenated alkanes) is 14. The molecule has 0 saturated carbocycles. The highest BCUT2D eigenvalue weighted by molar-refractivity contribution is 6.12. The number of nitrogens with zero attached hydrogens (tertiary/aromatic N) is 1. The van der Waals surface area contributed by atoms with Gasteiger partial charge in [-0.1, -0.05) is 96.8 Å². The van der Waals surface area contributed by atoms with Gasteiger partial charge in [-0.25, -0.2) is 0 Å². The summed E-state index contributed by atoms with van der Waals surface area (Å²) in [4.78, 5) is 35.8. The quantitative estimate of drug-likeness (QED) is 0.0432. The molecule has 0 N–H and O–H groups in total. The zero-order valence-corrected chi connectivity index (χ0v) is 31.2. The van der Waals surface area contributed by atoms with Crippen molar-refractivity contribution < 1.29 is 52.3 Å². The molecule has 0 aromatic heterocycles. The number of carbonyl (C=O) groups excluding carboxylic acids is 3. The van der Waals surface area contributed by atoms with Crippen molar-refractivity contribution in [1.29, 1.82) is 0 Å². The Morgan fingerprint density at radius 3 is 1.10 bits per heavy atom.